The van der Waals surface area contributed by atoms with Crippen LogP contribution in [0.5, 0.6) is 5.75 Å². The lowest BCUT2D eigenvalue weighted by molar-refractivity contribution is 0.122. The molecule has 1 aliphatic heterocycles. The quantitative estimate of drug-likeness (QED) is 0.710. The summed E-state index contributed by atoms with van der Waals surface area (Å²) in [6.07, 6.45) is 5.31. The van der Waals surface area contributed by atoms with E-state index in [9.17, 15) is 0 Å². The zero-order valence-electron chi connectivity index (χ0n) is 18.7. The summed E-state index contributed by atoms with van der Waals surface area (Å²) >= 11 is 0. The zero-order valence-corrected chi connectivity index (χ0v) is 18.7. The van der Waals surface area contributed by atoms with E-state index in [0.717, 1.165) is 45.1 Å². The third-order valence-corrected chi connectivity index (χ3v) is 6.19. The molecule has 1 aromatic carbocycles. The third-order valence-electron chi connectivity index (χ3n) is 6.19. The van der Waals surface area contributed by atoms with Gasteiger partial charge < -0.3 is 19.7 Å². The molecule has 6 nitrogen and oxygen atoms in total. The number of nitrogens with zero attached hydrogens (tertiary/aromatic N) is 3. The molecule has 0 atom stereocenters. The summed E-state index contributed by atoms with van der Waals surface area (Å²) in [5, 5.41) is 8.55. The second kappa shape index (κ2) is 9.84. The van der Waals surface area contributed by atoms with E-state index in [1.54, 1.807) is 0 Å². The van der Waals surface area contributed by atoms with Crippen LogP contribution in [0.25, 0.3) is 0 Å². The number of benzene rings is 1. The molecule has 1 aromatic heterocycles. The number of rotatable bonds is 8. The van der Waals surface area contributed by atoms with Crippen molar-refractivity contribution in [1.29, 1.82) is 0 Å². The van der Waals surface area contributed by atoms with E-state index in [1.807, 2.05) is 0 Å². The second-order valence-electron chi connectivity index (χ2n) is 8.80. The fourth-order valence-corrected chi connectivity index (χ4v) is 4.66. The number of hydrogen-bond donors (Lipinski definition) is 1. The number of anilines is 1. The average Bonchev–Trinajstić information content (AvgIpc) is 3.37. The first-order valence-electron chi connectivity index (χ1n) is 11.5. The Morgan fingerprint density at radius 1 is 1.13 bits per heavy atom. The van der Waals surface area contributed by atoms with E-state index in [-0.39, 0.29) is 0 Å². The van der Waals surface area contributed by atoms with Crippen LogP contribution < -0.4 is 15.0 Å². The van der Waals surface area contributed by atoms with Crippen LogP contribution in [-0.2, 0) is 24.9 Å². The first-order chi connectivity index (χ1) is 14.6. The number of ether oxygens (including phenoxy) is 2. The Labute approximate surface area is 180 Å². The summed E-state index contributed by atoms with van der Waals surface area (Å²) in [5.74, 6) is 2.64. The Morgan fingerprint density at radius 2 is 1.87 bits per heavy atom. The minimum absolute atomic E-state index is 0.380. The minimum Gasteiger partial charge on any atom is -0.490 e. The normalized spacial score (nSPS) is 17.8. The maximum absolute atomic E-state index is 6.32. The highest BCUT2D eigenvalue weighted by atomic mass is 16.5. The van der Waals surface area contributed by atoms with Gasteiger partial charge in [-0.25, -0.2) is 0 Å². The van der Waals surface area contributed by atoms with Crippen molar-refractivity contribution in [3.63, 3.8) is 0 Å². The Bertz CT molecular complexity index is 821. The van der Waals surface area contributed by atoms with E-state index >= 15 is 0 Å². The summed E-state index contributed by atoms with van der Waals surface area (Å²) in [6, 6.07) is 8.45. The van der Waals surface area contributed by atoms with Crippen molar-refractivity contribution in [3.05, 3.63) is 41.1 Å². The van der Waals surface area contributed by atoms with Crippen molar-refractivity contribution >= 4 is 5.82 Å². The predicted molar refractivity (Wildman–Crippen MR) is 120 cm³/mol. The molecule has 164 valence electrons. The first kappa shape index (κ1) is 21.2. The van der Waals surface area contributed by atoms with Crippen LogP contribution >= 0.6 is 0 Å². The monoisotopic (exact) mass is 412 g/mol. The molecule has 2 aliphatic rings. The Morgan fingerprint density at radius 3 is 2.60 bits per heavy atom. The second-order valence-corrected chi connectivity index (χ2v) is 8.80. The van der Waals surface area contributed by atoms with Gasteiger partial charge in [0, 0.05) is 44.4 Å². The molecule has 0 spiro atoms. The van der Waals surface area contributed by atoms with E-state index < -0.39 is 0 Å². The molecule has 2 heterocycles. The van der Waals surface area contributed by atoms with Crippen LogP contribution in [-0.4, -0.2) is 42.2 Å². The van der Waals surface area contributed by atoms with Gasteiger partial charge in [0.2, 0.25) is 0 Å². The van der Waals surface area contributed by atoms with Gasteiger partial charge in [-0.05, 0) is 37.7 Å². The Balaban J connectivity index is 1.47. The van der Waals surface area contributed by atoms with Gasteiger partial charge in [0.1, 0.15) is 11.6 Å². The van der Waals surface area contributed by atoms with E-state index in [2.05, 4.69) is 60.1 Å². The van der Waals surface area contributed by atoms with Gasteiger partial charge in [0.25, 0.3) is 0 Å². The SMILES string of the molecule is CC(C)c1nn(C)c(N2CCOCC2)c1CNCc1ccccc1OC1CCCC1. The fraction of sp³-hybridized carbons (Fsp3) is 0.625. The van der Waals surface area contributed by atoms with Crippen molar-refractivity contribution in [2.75, 3.05) is 31.2 Å². The van der Waals surface area contributed by atoms with Crippen LogP contribution in [0.1, 0.15) is 62.3 Å². The van der Waals surface area contributed by atoms with Gasteiger partial charge in [0.15, 0.2) is 0 Å². The smallest absolute Gasteiger partial charge is 0.131 e. The zero-order chi connectivity index (χ0) is 20.9. The maximum atomic E-state index is 6.32. The number of aromatic nitrogens is 2. The van der Waals surface area contributed by atoms with Crippen LogP contribution in [0.15, 0.2) is 24.3 Å². The van der Waals surface area contributed by atoms with Crippen molar-refractivity contribution in [3.8, 4) is 5.75 Å². The largest absolute Gasteiger partial charge is 0.490 e. The van der Waals surface area contributed by atoms with Crippen LogP contribution in [0.3, 0.4) is 0 Å². The number of hydrogen-bond acceptors (Lipinski definition) is 5. The number of aryl methyl sites for hydroxylation is 1. The Hall–Kier alpha value is -2.05. The maximum Gasteiger partial charge on any atom is 0.131 e. The summed E-state index contributed by atoms with van der Waals surface area (Å²) in [7, 11) is 2.06. The molecule has 1 N–H and O–H groups in total. The lowest BCUT2D eigenvalue weighted by Crippen LogP contribution is -2.38. The molecular weight excluding hydrogens is 376 g/mol. The van der Waals surface area contributed by atoms with Gasteiger partial charge in [0.05, 0.1) is 25.0 Å². The van der Waals surface area contributed by atoms with Gasteiger partial charge >= 0.3 is 0 Å². The van der Waals surface area contributed by atoms with Crippen molar-refractivity contribution in [2.45, 2.75) is 64.6 Å². The van der Waals surface area contributed by atoms with Crippen LogP contribution in [0.2, 0.25) is 0 Å². The molecule has 1 saturated carbocycles. The van der Waals surface area contributed by atoms with Gasteiger partial charge in [-0.2, -0.15) is 5.10 Å². The van der Waals surface area contributed by atoms with Crippen LogP contribution in [0, 0.1) is 0 Å². The van der Waals surface area contributed by atoms with Gasteiger partial charge in [-0.15, -0.1) is 0 Å². The lowest BCUT2D eigenvalue weighted by atomic mass is 10.0. The van der Waals surface area contributed by atoms with Gasteiger partial charge in [-0.3, -0.25) is 4.68 Å². The highest BCUT2D eigenvalue weighted by molar-refractivity contribution is 5.51. The van der Waals surface area contributed by atoms with Crippen LogP contribution in [0.4, 0.5) is 5.82 Å². The highest BCUT2D eigenvalue weighted by Crippen LogP contribution is 2.30. The molecule has 0 radical (unpaired) electrons. The average molecular weight is 413 g/mol. The molecule has 0 unspecified atom stereocenters. The number of nitrogens with one attached hydrogen (secondary N) is 1. The van der Waals surface area contributed by atoms with Crippen molar-refractivity contribution < 1.29 is 9.47 Å². The first-order valence-corrected chi connectivity index (χ1v) is 11.5. The molecule has 0 amide bonds. The summed E-state index contributed by atoms with van der Waals surface area (Å²) < 4.78 is 13.9. The Kier molecular flexibility index (Phi) is 6.95. The third kappa shape index (κ3) is 4.81. The summed E-state index contributed by atoms with van der Waals surface area (Å²) in [6.45, 7) is 9.43. The molecule has 0 bridgehead atoms. The van der Waals surface area contributed by atoms with E-state index in [0.29, 0.717) is 12.0 Å². The molecule has 4 rings (SSSR count). The van der Waals surface area contributed by atoms with Crippen molar-refractivity contribution in [1.82, 2.24) is 15.1 Å². The molecule has 6 heteroatoms. The van der Waals surface area contributed by atoms with E-state index in [4.69, 9.17) is 14.6 Å². The number of morpholine rings is 1. The molecular formula is C24H36N4O2. The predicted octanol–water partition coefficient (Wildman–Crippen LogP) is 3.99. The minimum atomic E-state index is 0.380. The number of para-hydroxylation sites is 1. The van der Waals surface area contributed by atoms with Crippen molar-refractivity contribution in [2.24, 2.45) is 7.05 Å². The molecule has 1 saturated heterocycles. The molecule has 30 heavy (non-hydrogen) atoms. The van der Waals surface area contributed by atoms with Gasteiger partial charge in [-0.1, -0.05) is 32.0 Å². The molecule has 2 aromatic rings. The van der Waals surface area contributed by atoms with E-state index in [1.165, 1.54) is 48.3 Å². The summed E-state index contributed by atoms with van der Waals surface area (Å²) in [4.78, 5) is 2.41. The molecule has 2 fully saturated rings. The lowest BCUT2D eigenvalue weighted by Gasteiger charge is -2.29. The molecule has 1 aliphatic carbocycles. The highest BCUT2D eigenvalue weighted by Gasteiger charge is 2.24. The summed E-state index contributed by atoms with van der Waals surface area (Å²) in [5.41, 5.74) is 3.72. The standard InChI is InChI=1S/C24H36N4O2/c1-18(2)23-21(24(27(3)26-23)28-12-14-29-15-13-28)17-25-16-19-8-4-7-11-22(19)30-20-9-5-6-10-20/h4,7-8,11,18,20,25H,5-6,9-10,12-17H2,1-3H3. The fourth-order valence-electron chi connectivity index (χ4n) is 4.66. The topological polar surface area (TPSA) is 51.5 Å².